The van der Waals surface area contributed by atoms with Gasteiger partial charge in [0.2, 0.25) is 5.82 Å². The van der Waals surface area contributed by atoms with Gasteiger partial charge in [-0.15, -0.1) is 0 Å². The summed E-state index contributed by atoms with van der Waals surface area (Å²) in [5, 5.41) is 0. The molecule has 0 fully saturated rings. The molecule has 0 saturated heterocycles. The number of unbranched alkanes of at least 4 members (excludes halogenated alkanes) is 3. The number of ether oxygens (including phenoxy) is 2. The lowest BCUT2D eigenvalue weighted by Gasteiger charge is -2.36. The van der Waals surface area contributed by atoms with Crippen LogP contribution in [-0.4, -0.2) is 28.7 Å². The summed E-state index contributed by atoms with van der Waals surface area (Å²) >= 11 is 0. The Labute approximate surface area is 166 Å². The van der Waals surface area contributed by atoms with Crippen molar-refractivity contribution in [1.82, 2.24) is 0 Å². The van der Waals surface area contributed by atoms with E-state index in [1.807, 2.05) is 27.7 Å². The Morgan fingerprint density at radius 2 is 1.14 bits per heavy atom. The minimum Gasteiger partial charge on any atom is -0.380 e. The molecule has 0 saturated carbocycles. The summed E-state index contributed by atoms with van der Waals surface area (Å²) in [6, 6.07) is 0. The van der Waals surface area contributed by atoms with Crippen molar-refractivity contribution < 1.29 is 35.9 Å². The highest BCUT2D eigenvalue weighted by molar-refractivity contribution is 5.98. The molecular weight excluding hydrogens is 399 g/mol. The summed E-state index contributed by atoms with van der Waals surface area (Å²) in [6.45, 7) is 7.51. The lowest BCUT2D eigenvalue weighted by molar-refractivity contribution is -0.369. The van der Waals surface area contributed by atoms with E-state index in [0.29, 0.717) is 42.6 Å². The van der Waals surface area contributed by atoms with Crippen LogP contribution in [0.1, 0.15) is 65.4 Å². The van der Waals surface area contributed by atoms with Gasteiger partial charge in [0.15, 0.2) is 33.8 Å². The average Bonchev–Trinajstić information content (AvgIpc) is 2.62. The van der Waals surface area contributed by atoms with Crippen LogP contribution in [0.2, 0.25) is 0 Å². The Hall–Kier alpha value is -1.03. The van der Waals surface area contributed by atoms with Crippen molar-refractivity contribution in [3.8, 4) is 0 Å². The first-order chi connectivity index (χ1) is 13.0. The zero-order valence-corrected chi connectivity index (χ0v) is 19.0. The van der Waals surface area contributed by atoms with E-state index >= 15 is 0 Å². The van der Waals surface area contributed by atoms with Crippen molar-refractivity contribution in [2.75, 3.05) is 0 Å². The fraction of sp³-hybridized carbons (Fsp3) is 0.684. The molecular formula is C19H29F5O3Si. The van der Waals surface area contributed by atoms with Gasteiger partial charge >= 0.3 is 0 Å². The summed E-state index contributed by atoms with van der Waals surface area (Å²) in [5.74, 6) is -10.6. The fourth-order valence-corrected chi connectivity index (χ4v) is 3.33. The molecule has 1 rings (SSSR count). The molecule has 1 aromatic rings. The molecule has 0 heterocycles. The molecule has 0 aromatic heterocycles. The molecule has 0 radical (unpaired) electrons. The predicted octanol–water partition coefficient (Wildman–Crippen LogP) is 4.68. The minimum absolute atomic E-state index is 0.0954. The van der Waals surface area contributed by atoms with Crippen LogP contribution < -0.4 is 0 Å². The van der Waals surface area contributed by atoms with Gasteiger partial charge in [0.1, 0.15) is 0 Å². The molecule has 0 bridgehead atoms. The average molecular weight is 429 g/mol. The summed E-state index contributed by atoms with van der Waals surface area (Å²) in [4.78, 5) is 0. The summed E-state index contributed by atoms with van der Waals surface area (Å²) < 4.78 is 84.0. The van der Waals surface area contributed by atoms with Crippen LogP contribution in [-0.2, 0) is 20.3 Å². The van der Waals surface area contributed by atoms with Crippen molar-refractivity contribution in [3.05, 3.63) is 34.6 Å². The standard InChI is InChI=1S/C19H29F5O3Si/c1-11(2)25-19(27-28,26-12(3)4)10-8-6-5-7-9-13-14(20)16(22)18(24)17(23)15(13)21/h11-12H,5-10H2,1-4,28H3. The second-order valence-corrected chi connectivity index (χ2v) is 7.59. The third kappa shape index (κ3) is 6.79. The highest BCUT2D eigenvalue weighted by Gasteiger charge is 2.33. The maximum Gasteiger partial charge on any atom is 0.273 e. The third-order valence-electron chi connectivity index (χ3n) is 4.10. The number of rotatable bonds is 12. The van der Waals surface area contributed by atoms with Gasteiger partial charge in [0, 0.05) is 12.0 Å². The third-order valence-corrected chi connectivity index (χ3v) is 4.72. The molecule has 9 heteroatoms. The summed E-state index contributed by atoms with van der Waals surface area (Å²) in [5.41, 5.74) is -0.764. The van der Waals surface area contributed by atoms with Gasteiger partial charge in [0.25, 0.3) is 5.97 Å². The SMILES string of the molecule is CC(C)OC(CCCCCCc1c(F)c(F)c(F)c(F)c1F)(O[SiH3])OC(C)C. The number of hydrogen-bond donors (Lipinski definition) is 0. The van der Waals surface area contributed by atoms with Gasteiger partial charge in [-0.1, -0.05) is 12.8 Å². The van der Waals surface area contributed by atoms with E-state index in [0.717, 1.165) is 0 Å². The van der Waals surface area contributed by atoms with Crippen molar-refractivity contribution in [2.45, 2.75) is 84.4 Å². The van der Waals surface area contributed by atoms with Gasteiger partial charge in [0.05, 0.1) is 12.2 Å². The molecule has 28 heavy (non-hydrogen) atoms. The molecule has 0 atom stereocenters. The Morgan fingerprint density at radius 1 is 0.714 bits per heavy atom. The van der Waals surface area contributed by atoms with E-state index in [-0.39, 0.29) is 18.6 Å². The van der Waals surface area contributed by atoms with E-state index in [9.17, 15) is 22.0 Å². The van der Waals surface area contributed by atoms with Gasteiger partial charge in [-0.25, -0.2) is 22.0 Å². The van der Waals surface area contributed by atoms with Gasteiger partial charge in [-0.2, -0.15) is 0 Å². The highest BCUT2D eigenvalue weighted by Crippen LogP contribution is 2.27. The summed E-state index contributed by atoms with van der Waals surface area (Å²) in [7, 11) is 0.420. The van der Waals surface area contributed by atoms with Crippen LogP contribution in [0.15, 0.2) is 0 Å². The maximum atomic E-state index is 13.7. The Kier molecular flexibility index (Phi) is 10.0. The molecule has 0 amide bonds. The quantitative estimate of drug-likeness (QED) is 0.121. The highest BCUT2D eigenvalue weighted by atomic mass is 28.2. The van der Waals surface area contributed by atoms with Crippen LogP contribution >= 0.6 is 0 Å². The van der Waals surface area contributed by atoms with Crippen LogP contribution in [0.5, 0.6) is 0 Å². The van der Waals surface area contributed by atoms with Crippen molar-refractivity contribution >= 4 is 10.5 Å². The Balaban J connectivity index is 2.57. The second kappa shape index (κ2) is 11.2. The van der Waals surface area contributed by atoms with Crippen molar-refractivity contribution in [1.29, 1.82) is 0 Å². The minimum atomic E-state index is -2.13. The summed E-state index contributed by atoms with van der Waals surface area (Å²) in [6.07, 6.45) is 2.26. The van der Waals surface area contributed by atoms with Crippen molar-refractivity contribution in [2.24, 2.45) is 0 Å². The molecule has 3 nitrogen and oxygen atoms in total. The van der Waals surface area contributed by atoms with Crippen LogP contribution in [0.25, 0.3) is 0 Å². The number of halogens is 5. The first-order valence-corrected chi connectivity index (χ1v) is 10.3. The number of hydrogen-bond acceptors (Lipinski definition) is 3. The molecule has 0 aliphatic heterocycles. The molecule has 0 spiro atoms. The zero-order chi connectivity index (χ0) is 21.5. The lowest BCUT2D eigenvalue weighted by Crippen LogP contribution is -2.42. The van der Waals surface area contributed by atoms with E-state index in [1.54, 1.807) is 0 Å². The smallest absolute Gasteiger partial charge is 0.273 e. The van der Waals surface area contributed by atoms with Crippen LogP contribution in [0, 0.1) is 29.1 Å². The molecule has 0 aliphatic carbocycles. The predicted molar refractivity (Wildman–Crippen MR) is 99.2 cm³/mol. The first kappa shape index (κ1) is 25.0. The topological polar surface area (TPSA) is 27.7 Å². The van der Waals surface area contributed by atoms with E-state index in [1.165, 1.54) is 0 Å². The normalized spacial score (nSPS) is 12.5. The monoisotopic (exact) mass is 428 g/mol. The van der Waals surface area contributed by atoms with Gasteiger partial charge in [-0.3, -0.25) is 0 Å². The van der Waals surface area contributed by atoms with Crippen LogP contribution in [0.4, 0.5) is 22.0 Å². The molecule has 0 unspecified atom stereocenters. The van der Waals surface area contributed by atoms with E-state index in [2.05, 4.69) is 0 Å². The zero-order valence-electron chi connectivity index (χ0n) is 17.0. The fourth-order valence-electron chi connectivity index (χ4n) is 2.93. The van der Waals surface area contributed by atoms with Crippen LogP contribution in [0.3, 0.4) is 0 Å². The maximum absolute atomic E-state index is 13.7. The molecule has 1 aromatic carbocycles. The molecule has 162 valence electrons. The lowest BCUT2D eigenvalue weighted by atomic mass is 10.0. The first-order valence-electron chi connectivity index (χ1n) is 9.45. The van der Waals surface area contributed by atoms with E-state index < -0.39 is 40.6 Å². The largest absolute Gasteiger partial charge is 0.380 e. The second-order valence-electron chi connectivity index (χ2n) is 7.18. The van der Waals surface area contributed by atoms with Gasteiger partial charge < -0.3 is 13.9 Å². The van der Waals surface area contributed by atoms with Gasteiger partial charge in [-0.05, 0) is 47.0 Å². The Morgan fingerprint density at radius 3 is 1.57 bits per heavy atom. The molecule has 0 aliphatic rings. The van der Waals surface area contributed by atoms with Crippen molar-refractivity contribution in [3.63, 3.8) is 0 Å². The Bertz CT molecular complexity index is 601. The molecule has 0 N–H and O–H groups in total. The number of benzene rings is 1. The van der Waals surface area contributed by atoms with E-state index in [4.69, 9.17) is 13.9 Å².